The molecular weight excluding hydrogens is 696 g/mol. The van der Waals surface area contributed by atoms with Crippen LogP contribution in [0.2, 0.25) is 0 Å². The number of carbonyl (C=O) groups excluding carboxylic acids is 6. The van der Waals surface area contributed by atoms with Gasteiger partial charge in [0, 0.05) is 17.7 Å². The maximum absolute atomic E-state index is 13.6. The quantitative estimate of drug-likeness (QED) is 0.0601. The van der Waals surface area contributed by atoms with Gasteiger partial charge in [-0.05, 0) is 76.1 Å². The number of carbonyl (C=O) groups is 7. The molecule has 0 bridgehead atoms. The highest BCUT2D eigenvalue weighted by Crippen LogP contribution is 2.14. The van der Waals surface area contributed by atoms with Crippen LogP contribution in [0.4, 0.5) is 5.69 Å². The fraction of sp³-hybridized carbons (Fsp3) is 0.564. The molecule has 0 aliphatic rings. The molecule has 1 aromatic rings. The molecule has 4 atom stereocenters. The zero-order valence-corrected chi connectivity index (χ0v) is 32.8. The van der Waals surface area contributed by atoms with Crippen LogP contribution in [0.3, 0.4) is 0 Å². The molecular formula is C39H60N6O9. The van der Waals surface area contributed by atoms with Gasteiger partial charge in [0.2, 0.25) is 17.7 Å². The number of rotatable bonds is 23. The molecule has 300 valence electrons. The van der Waals surface area contributed by atoms with Gasteiger partial charge in [0.15, 0.2) is 6.04 Å². The lowest BCUT2D eigenvalue weighted by Gasteiger charge is -2.25. The number of hydrogen-bond donors (Lipinski definition) is 8. The summed E-state index contributed by atoms with van der Waals surface area (Å²) >= 11 is 0. The molecule has 8 N–H and O–H groups in total. The minimum absolute atomic E-state index is 0.0132. The van der Waals surface area contributed by atoms with Gasteiger partial charge < -0.3 is 42.1 Å². The Kier molecular flexibility index (Phi) is 21.1. The minimum Gasteiger partial charge on any atom is -0.480 e. The number of nitrogens with one attached hydrogen (secondary N) is 6. The summed E-state index contributed by atoms with van der Waals surface area (Å²) < 4.78 is 0. The standard InChI is InChI=1S/C39H60N6O9/c1-9-12-13-14-15-16-32(47)41-28(10-2)35(49)42-29(11-3)36(50)43-31(22-24(6)7)38(52)44-30(21-23(4)5)37(51)40-27-19-17-26(18-20-27)34(48)45-33(25(8)46)39(53)54/h10-11,17-20,23-25,30-31,33,46H,9,12-16,21-22H2,1-8H3,(H,40,51)(H,41,47)(H,42,49)(H,43,50)(H,44,52)(H,45,48)(H,53,54)/b28-10+,29-11+/t25-,30+,31-,33?/m1/s1. The van der Waals surface area contributed by atoms with Crippen LogP contribution in [0.5, 0.6) is 0 Å². The molecule has 15 nitrogen and oxygen atoms in total. The van der Waals surface area contributed by atoms with Crippen molar-refractivity contribution in [1.82, 2.24) is 26.6 Å². The van der Waals surface area contributed by atoms with Crippen LogP contribution in [-0.4, -0.2) is 75.9 Å². The molecule has 1 rings (SSSR count). The smallest absolute Gasteiger partial charge is 0.328 e. The third kappa shape index (κ3) is 17.2. The number of unbranched alkanes of at least 4 members (excludes halogenated alkanes) is 4. The van der Waals surface area contributed by atoms with Crippen molar-refractivity contribution in [1.29, 1.82) is 0 Å². The van der Waals surface area contributed by atoms with Crippen LogP contribution < -0.4 is 31.9 Å². The maximum atomic E-state index is 13.6. The van der Waals surface area contributed by atoms with Gasteiger partial charge in [-0.1, -0.05) is 72.5 Å². The van der Waals surface area contributed by atoms with Gasteiger partial charge in [-0.2, -0.15) is 0 Å². The van der Waals surface area contributed by atoms with Gasteiger partial charge in [-0.25, -0.2) is 4.79 Å². The summed E-state index contributed by atoms with van der Waals surface area (Å²) in [6, 6.07) is 2.02. The van der Waals surface area contributed by atoms with Gasteiger partial charge >= 0.3 is 5.97 Å². The number of carboxylic acid groups (broad SMARTS) is 1. The number of benzene rings is 1. The Morgan fingerprint density at radius 3 is 1.72 bits per heavy atom. The van der Waals surface area contributed by atoms with E-state index < -0.39 is 59.7 Å². The molecule has 1 unspecified atom stereocenters. The van der Waals surface area contributed by atoms with Crippen LogP contribution >= 0.6 is 0 Å². The summed E-state index contributed by atoms with van der Waals surface area (Å²) in [5.41, 5.74) is 0.248. The van der Waals surface area contributed by atoms with Crippen molar-refractivity contribution >= 4 is 47.1 Å². The molecule has 0 aliphatic heterocycles. The molecule has 0 aromatic heterocycles. The fourth-order valence-electron chi connectivity index (χ4n) is 5.27. The number of amides is 6. The van der Waals surface area contributed by atoms with Crippen LogP contribution in [-0.2, 0) is 28.8 Å². The molecule has 6 amide bonds. The first-order valence-corrected chi connectivity index (χ1v) is 18.6. The van der Waals surface area contributed by atoms with Gasteiger partial charge in [0.1, 0.15) is 23.5 Å². The Morgan fingerprint density at radius 2 is 1.22 bits per heavy atom. The van der Waals surface area contributed by atoms with Crippen molar-refractivity contribution in [2.24, 2.45) is 11.8 Å². The number of allylic oxidation sites excluding steroid dienone is 2. The second kappa shape index (κ2) is 24.3. The summed E-state index contributed by atoms with van der Waals surface area (Å²) in [4.78, 5) is 89.8. The molecule has 15 heteroatoms. The van der Waals surface area contributed by atoms with Crippen molar-refractivity contribution in [3.8, 4) is 0 Å². The zero-order chi connectivity index (χ0) is 41.0. The Morgan fingerprint density at radius 1 is 0.685 bits per heavy atom. The normalized spacial score (nSPS) is 14.0. The average molecular weight is 757 g/mol. The summed E-state index contributed by atoms with van der Waals surface area (Å²) in [5, 5.41) is 34.4. The summed E-state index contributed by atoms with van der Waals surface area (Å²) in [6.45, 7) is 14.0. The van der Waals surface area contributed by atoms with E-state index in [1.54, 1.807) is 13.8 Å². The van der Waals surface area contributed by atoms with E-state index in [0.29, 0.717) is 12.1 Å². The predicted octanol–water partition coefficient (Wildman–Crippen LogP) is 3.65. The lowest BCUT2D eigenvalue weighted by molar-refractivity contribution is -0.141. The Bertz CT molecular complexity index is 1500. The molecule has 0 spiro atoms. The van der Waals surface area contributed by atoms with E-state index in [1.807, 2.05) is 27.7 Å². The highest BCUT2D eigenvalue weighted by molar-refractivity contribution is 6.05. The summed E-state index contributed by atoms with van der Waals surface area (Å²) in [6.07, 6.45) is 7.05. The Hall–Kier alpha value is -5.05. The third-order valence-electron chi connectivity index (χ3n) is 8.21. The van der Waals surface area contributed by atoms with Crippen molar-refractivity contribution in [3.63, 3.8) is 0 Å². The van der Waals surface area contributed by atoms with E-state index >= 15 is 0 Å². The number of anilines is 1. The number of aliphatic carboxylic acids is 1. The average Bonchev–Trinajstić information content (AvgIpc) is 3.10. The highest BCUT2D eigenvalue weighted by atomic mass is 16.4. The lowest BCUT2D eigenvalue weighted by Crippen LogP contribution is -2.54. The maximum Gasteiger partial charge on any atom is 0.328 e. The highest BCUT2D eigenvalue weighted by Gasteiger charge is 2.30. The zero-order valence-electron chi connectivity index (χ0n) is 32.8. The monoisotopic (exact) mass is 756 g/mol. The van der Waals surface area contributed by atoms with Crippen molar-refractivity contribution in [2.75, 3.05) is 5.32 Å². The first-order valence-electron chi connectivity index (χ1n) is 18.6. The van der Waals surface area contributed by atoms with E-state index in [-0.39, 0.29) is 54.0 Å². The second-order valence-electron chi connectivity index (χ2n) is 14.0. The van der Waals surface area contributed by atoms with Crippen molar-refractivity contribution in [3.05, 3.63) is 53.4 Å². The summed E-state index contributed by atoms with van der Waals surface area (Å²) in [7, 11) is 0. The topological polar surface area (TPSA) is 232 Å². The molecule has 0 saturated carbocycles. The van der Waals surface area contributed by atoms with Crippen LogP contribution in [0, 0.1) is 11.8 Å². The molecule has 0 aliphatic carbocycles. The van der Waals surface area contributed by atoms with Gasteiger partial charge in [0.05, 0.1) is 6.10 Å². The van der Waals surface area contributed by atoms with Crippen LogP contribution in [0.15, 0.2) is 47.8 Å². The van der Waals surface area contributed by atoms with E-state index in [4.69, 9.17) is 0 Å². The number of aliphatic hydroxyl groups excluding tert-OH is 1. The van der Waals surface area contributed by atoms with Crippen LogP contribution in [0.25, 0.3) is 0 Å². The minimum atomic E-state index is -1.51. The molecule has 0 radical (unpaired) electrons. The molecule has 0 heterocycles. The number of aliphatic hydroxyl groups is 1. The number of carboxylic acids is 1. The van der Waals surface area contributed by atoms with Crippen LogP contribution in [0.1, 0.15) is 117 Å². The van der Waals surface area contributed by atoms with Crippen molar-refractivity contribution < 1.29 is 43.8 Å². The second-order valence-corrected chi connectivity index (χ2v) is 14.0. The van der Waals surface area contributed by atoms with Gasteiger partial charge in [-0.3, -0.25) is 28.8 Å². The third-order valence-corrected chi connectivity index (χ3v) is 8.21. The number of hydrogen-bond acceptors (Lipinski definition) is 8. The molecule has 0 saturated heterocycles. The van der Waals surface area contributed by atoms with E-state index in [9.17, 15) is 43.8 Å². The first-order chi connectivity index (χ1) is 25.4. The van der Waals surface area contributed by atoms with Crippen molar-refractivity contribution in [2.45, 2.75) is 131 Å². The van der Waals surface area contributed by atoms with E-state index in [2.05, 4.69) is 38.8 Å². The van der Waals surface area contributed by atoms with Gasteiger partial charge in [0.25, 0.3) is 17.7 Å². The summed E-state index contributed by atoms with van der Waals surface area (Å²) in [5.74, 6) is -5.09. The largest absolute Gasteiger partial charge is 0.480 e. The Labute approximate surface area is 318 Å². The van der Waals surface area contributed by atoms with E-state index in [0.717, 1.165) is 25.7 Å². The van der Waals surface area contributed by atoms with E-state index in [1.165, 1.54) is 43.3 Å². The molecule has 1 aromatic carbocycles. The fourth-order valence-corrected chi connectivity index (χ4v) is 5.27. The predicted molar refractivity (Wildman–Crippen MR) is 206 cm³/mol. The lowest BCUT2D eigenvalue weighted by atomic mass is 10.00. The first kappa shape index (κ1) is 47.0. The van der Waals surface area contributed by atoms with Gasteiger partial charge in [-0.15, -0.1) is 0 Å². The molecule has 0 fully saturated rings. The Balaban J connectivity index is 3.01. The SMILES string of the molecule is C/C=C(/NC(=O)CCCCCCC)C(=O)N/C(=C/C)C(=O)N[C@H](CC(C)C)C(=O)N[C@@H](CC(C)C)C(=O)Nc1ccc(C(=O)NC(C(=O)O)[C@@H](C)O)cc1. The molecule has 54 heavy (non-hydrogen) atoms.